The van der Waals surface area contributed by atoms with Gasteiger partial charge in [-0.2, -0.15) is 0 Å². The highest BCUT2D eigenvalue weighted by Crippen LogP contribution is 2.18. The zero-order valence-electron chi connectivity index (χ0n) is 50.8. The molecule has 0 saturated carbocycles. The number of carbonyl (C=O) groups is 2. The normalized spacial score (nSPS) is 12.6. The van der Waals surface area contributed by atoms with Gasteiger partial charge >= 0.3 is 5.97 Å². The molecular weight excluding hydrogens is 923 g/mol. The number of esters is 1. The summed E-state index contributed by atoms with van der Waals surface area (Å²) in [5, 5.41) is 23.2. The van der Waals surface area contributed by atoms with Crippen LogP contribution in [0.15, 0.2) is 24.3 Å². The Bertz CT molecular complexity index is 1170. The molecule has 0 radical (unpaired) electrons. The zero-order valence-corrected chi connectivity index (χ0v) is 50.8. The standard InChI is InChI=1S/C69H133NO5/c1-3-5-7-9-11-13-15-17-19-21-25-29-33-37-41-45-49-53-57-61-67(72)66(65-71)70-68(73)62-58-54-50-46-42-38-34-30-27-23-24-28-32-36-40-44-48-52-56-60-64-75-69(74)63-59-55-51-47-43-39-35-31-26-22-20-18-16-14-12-10-8-6-4-2/h18,20,57,61,66-67,71-72H,3-17,19,21-56,58-60,62-65H2,1-2H3,(H,70,73)/b20-18-,61-57+. The van der Waals surface area contributed by atoms with E-state index in [0.29, 0.717) is 19.4 Å². The second kappa shape index (κ2) is 64.9. The Labute approximate surface area is 469 Å². The van der Waals surface area contributed by atoms with Crippen molar-refractivity contribution in [3.63, 3.8) is 0 Å². The highest BCUT2D eigenvalue weighted by Gasteiger charge is 2.18. The zero-order chi connectivity index (χ0) is 54.3. The van der Waals surface area contributed by atoms with Gasteiger partial charge in [0.15, 0.2) is 0 Å². The fraction of sp³-hybridized carbons (Fsp3) is 0.913. The lowest BCUT2D eigenvalue weighted by molar-refractivity contribution is -0.143. The molecule has 0 rings (SSSR count). The molecule has 0 aliphatic rings. The molecule has 3 N–H and O–H groups in total. The lowest BCUT2D eigenvalue weighted by Gasteiger charge is -2.20. The molecule has 6 heteroatoms. The van der Waals surface area contributed by atoms with Gasteiger partial charge in [-0.05, 0) is 57.8 Å². The van der Waals surface area contributed by atoms with Gasteiger partial charge in [0.1, 0.15) is 0 Å². The Morgan fingerprint density at radius 2 is 0.627 bits per heavy atom. The molecule has 0 saturated heterocycles. The first-order chi connectivity index (χ1) is 37.0. The van der Waals surface area contributed by atoms with Crippen molar-refractivity contribution in [2.75, 3.05) is 13.2 Å². The summed E-state index contributed by atoms with van der Waals surface area (Å²) < 4.78 is 5.51. The maximum atomic E-state index is 12.5. The van der Waals surface area contributed by atoms with Crippen LogP contribution in [0, 0.1) is 0 Å². The van der Waals surface area contributed by atoms with Crippen LogP contribution < -0.4 is 5.32 Å². The molecule has 1 amide bonds. The molecule has 0 aliphatic carbocycles. The Kier molecular flexibility index (Phi) is 63.4. The second-order valence-corrected chi connectivity index (χ2v) is 23.5. The summed E-state index contributed by atoms with van der Waals surface area (Å²) in [6.07, 6.45) is 80.9. The Morgan fingerprint density at radius 3 is 0.947 bits per heavy atom. The number of unbranched alkanes of at least 4 members (excludes halogenated alkanes) is 51. The molecule has 0 aromatic rings. The lowest BCUT2D eigenvalue weighted by atomic mass is 10.0. The second-order valence-electron chi connectivity index (χ2n) is 23.5. The number of hydrogen-bond donors (Lipinski definition) is 3. The molecular formula is C69H133NO5. The molecule has 0 heterocycles. The average Bonchev–Trinajstić information content (AvgIpc) is 3.41. The van der Waals surface area contributed by atoms with Crippen molar-refractivity contribution < 1.29 is 24.5 Å². The molecule has 0 aliphatic heterocycles. The topological polar surface area (TPSA) is 95.9 Å². The van der Waals surface area contributed by atoms with Gasteiger partial charge in [0.05, 0.1) is 25.4 Å². The Hall–Kier alpha value is -1.66. The molecule has 0 aromatic heterocycles. The number of hydrogen-bond acceptors (Lipinski definition) is 5. The fourth-order valence-electron chi connectivity index (χ4n) is 10.7. The van der Waals surface area contributed by atoms with Gasteiger partial charge in [-0.1, -0.05) is 334 Å². The average molecular weight is 1060 g/mol. The molecule has 0 aromatic carbocycles. The number of ether oxygens (including phenoxy) is 1. The third kappa shape index (κ3) is 61.4. The van der Waals surface area contributed by atoms with E-state index in [1.165, 1.54) is 308 Å². The predicted octanol–water partition coefficient (Wildman–Crippen LogP) is 21.8. The minimum Gasteiger partial charge on any atom is -0.466 e. The van der Waals surface area contributed by atoms with E-state index in [1.807, 2.05) is 6.08 Å². The van der Waals surface area contributed by atoms with Crippen molar-refractivity contribution in [2.45, 2.75) is 392 Å². The van der Waals surface area contributed by atoms with Gasteiger partial charge in [-0.15, -0.1) is 0 Å². The third-order valence-corrected chi connectivity index (χ3v) is 16.0. The molecule has 444 valence electrons. The first-order valence-electron chi connectivity index (χ1n) is 34.1. The summed E-state index contributed by atoms with van der Waals surface area (Å²) in [4.78, 5) is 24.6. The largest absolute Gasteiger partial charge is 0.466 e. The maximum absolute atomic E-state index is 12.5. The summed E-state index contributed by atoms with van der Waals surface area (Å²) >= 11 is 0. The smallest absolute Gasteiger partial charge is 0.305 e. The van der Waals surface area contributed by atoms with E-state index in [-0.39, 0.29) is 18.5 Å². The number of aliphatic hydroxyl groups is 2. The van der Waals surface area contributed by atoms with Gasteiger partial charge in [0, 0.05) is 12.8 Å². The first-order valence-corrected chi connectivity index (χ1v) is 34.1. The first kappa shape index (κ1) is 73.3. The number of amides is 1. The van der Waals surface area contributed by atoms with Crippen LogP contribution in [0.1, 0.15) is 380 Å². The molecule has 0 fully saturated rings. The van der Waals surface area contributed by atoms with E-state index >= 15 is 0 Å². The summed E-state index contributed by atoms with van der Waals surface area (Å²) in [5.74, 6) is -0.0560. The van der Waals surface area contributed by atoms with Crippen LogP contribution in [0.4, 0.5) is 0 Å². The van der Waals surface area contributed by atoms with Crippen LogP contribution in [0.3, 0.4) is 0 Å². The summed E-state index contributed by atoms with van der Waals surface area (Å²) in [6.45, 7) is 4.93. The molecule has 75 heavy (non-hydrogen) atoms. The van der Waals surface area contributed by atoms with Crippen molar-refractivity contribution in [2.24, 2.45) is 0 Å². The monoisotopic (exact) mass is 1060 g/mol. The third-order valence-electron chi connectivity index (χ3n) is 16.0. The van der Waals surface area contributed by atoms with E-state index in [1.54, 1.807) is 6.08 Å². The number of carbonyl (C=O) groups excluding carboxylic acids is 2. The van der Waals surface area contributed by atoms with E-state index in [0.717, 1.165) is 44.9 Å². The molecule has 2 unspecified atom stereocenters. The van der Waals surface area contributed by atoms with Crippen LogP contribution in [0.25, 0.3) is 0 Å². The fourth-order valence-corrected chi connectivity index (χ4v) is 10.7. The van der Waals surface area contributed by atoms with E-state index in [2.05, 4.69) is 31.3 Å². The van der Waals surface area contributed by atoms with E-state index < -0.39 is 12.1 Å². The van der Waals surface area contributed by atoms with Gasteiger partial charge in [-0.25, -0.2) is 0 Å². The quantitative estimate of drug-likeness (QED) is 0.0320. The molecule has 2 atom stereocenters. The van der Waals surface area contributed by atoms with Crippen molar-refractivity contribution in [1.82, 2.24) is 5.32 Å². The highest BCUT2D eigenvalue weighted by atomic mass is 16.5. The van der Waals surface area contributed by atoms with Gasteiger partial charge < -0.3 is 20.3 Å². The minimum absolute atomic E-state index is 0.0104. The number of allylic oxidation sites excluding steroid dienone is 3. The number of rotatable bonds is 64. The molecule has 0 spiro atoms. The number of nitrogens with one attached hydrogen (secondary N) is 1. The van der Waals surface area contributed by atoms with Crippen molar-refractivity contribution in [3.05, 3.63) is 24.3 Å². The van der Waals surface area contributed by atoms with Crippen molar-refractivity contribution in [1.29, 1.82) is 0 Å². The molecule has 0 bridgehead atoms. The number of aliphatic hydroxyl groups excluding tert-OH is 2. The maximum Gasteiger partial charge on any atom is 0.305 e. The molecule has 6 nitrogen and oxygen atoms in total. The van der Waals surface area contributed by atoms with Crippen LogP contribution in [0.5, 0.6) is 0 Å². The summed E-state index contributed by atoms with van der Waals surface area (Å²) in [6, 6.07) is -0.630. The van der Waals surface area contributed by atoms with E-state index in [4.69, 9.17) is 4.74 Å². The van der Waals surface area contributed by atoms with Crippen LogP contribution in [-0.4, -0.2) is 47.4 Å². The van der Waals surface area contributed by atoms with Gasteiger partial charge in [-0.3, -0.25) is 9.59 Å². The van der Waals surface area contributed by atoms with Crippen molar-refractivity contribution >= 4 is 11.9 Å². The van der Waals surface area contributed by atoms with Crippen LogP contribution in [-0.2, 0) is 14.3 Å². The summed E-state index contributed by atoms with van der Waals surface area (Å²) in [5.41, 5.74) is 0. The highest BCUT2D eigenvalue weighted by molar-refractivity contribution is 5.76. The Morgan fingerprint density at radius 1 is 0.360 bits per heavy atom. The summed E-state index contributed by atoms with van der Waals surface area (Å²) in [7, 11) is 0. The van der Waals surface area contributed by atoms with Crippen LogP contribution >= 0.6 is 0 Å². The van der Waals surface area contributed by atoms with E-state index in [9.17, 15) is 19.8 Å². The predicted molar refractivity (Wildman–Crippen MR) is 329 cm³/mol. The minimum atomic E-state index is -0.846. The van der Waals surface area contributed by atoms with Crippen molar-refractivity contribution in [3.8, 4) is 0 Å². The van der Waals surface area contributed by atoms with Gasteiger partial charge in [0.25, 0.3) is 0 Å². The SMILES string of the molecule is CCCCCCCC/C=C\CCCCCCCCCCCC(=O)OCCCCCCCCCCCCCCCCCCCCCCC(=O)NC(CO)C(O)/C=C/CCCCCCCCCCCCCCCCCCC. The van der Waals surface area contributed by atoms with Crippen LogP contribution in [0.2, 0.25) is 0 Å². The lowest BCUT2D eigenvalue weighted by Crippen LogP contribution is -2.45. The Balaban J connectivity index is 3.40. The van der Waals surface area contributed by atoms with Gasteiger partial charge in [0.2, 0.25) is 5.91 Å².